The minimum atomic E-state index is 0.539. The van der Waals surface area contributed by atoms with Gasteiger partial charge in [0.2, 0.25) is 0 Å². The zero-order valence-electron chi connectivity index (χ0n) is 13.4. The molecule has 1 fully saturated rings. The molecule has 3 rings (SSSR count). The van der Waals surface area contributed by atoms with Gasteiger partial charge in [0, 0.05) is 12.5 Å². The molecule has 1 N–H and O–H groups in total. The van der Waals surface area contributed by atoms with Crippen molar-refractivity contribution < 1.29 is 4.74 Å². The molecule has 0 aliphatic carbocycles. The van der Waals surface area contributed by atoms with E-state index >= 15 is 0 Å². The Hall–Kier alpha value is -1.06. The van der Waals surface area contributed by atoms with Gasteiger partial charge in [0.25, 0.3) is 0 Å². The van der Waals surface area contributed by atoms with Crippen LogP contribution in [0.4, 0.5) is 0 Å². The van der Waals surface area contributed by atoms with Gasteiger partial charge < -0.3 is 10.1 Å². The van der Waals surface area contributed by atoms with Crippen LogP contribution >= 0.6 is 0 Å². The van der Waals surface area contributed by atoms with Crippen LogP contribution in [0.3, 0.4) is 0 Å². The average molecular weight is 288 g/mol. The fraction of sp³-hybridized carbons (Fsp3) is 0.667. The molecular weight excluding hydrogens is 260 g/mol. The standard InChI is InChI=1S/C18H28N2O/c1-3-19-13-16-6-4-5-10-20(2)18(16)15-7-8-17-14(12-15)9-11-21-17/h7-8,12,16,18-19H,3-6,9-11,13H2,1-2H3. The van der Waals surface area contributed by atoms with Crippen LogP contribution in [0.1, 0.15) is 43.4 Å². The number of hydrogen-bond acceptors (Lipinski definition) is 3. The number of nitrogens with one attached hydrogen (secondary N) is 1. The number of nitrogens with zero attached hydrogens (tertiary/aromatic N) is 1. The predicted octanol–water partition coefficient (Wildman–Crippen LogP) is 3.00. The Balaban J connectivity index is 1.86. The summed E-state index contributed by atoms with van der Waals surface area (Å²) >= 11 is 0. The van der Waals surface area contributed by atoms with Gasteiger partial charge in [-0.25, -0.2) is 0 Å². The summed E-state index contributed by atoms with van der Waals surface area (Å²) in [5.74, 6) is 1.80. The third-order valence-corrected chi connectivity index (χ3v) is 4.97. The number of benzene rings is 1. The molecule has 0 bridgehead atoms. The lowest BCUT2D eigenvalue weighted by molar-refractivity contribution is 0.189. The number of fused-ring (bicyclic) bond motifs is 1. The van der Waals surface area contributed by atoms with Crippen molar-refractivity contribution in [2.45, 2.75) is 38.6 Å². The lowest BCUT2D eigenvalue weighted by atomic mass is 9.88. The van der Waals surface area contributed by atoms with E-state index in [1.54, 1.807) is 0 Å². The van der Waals surface area contributed by atoms with Gasteiger partial charge in [-0.15, -0.1) is 0 Å². The van der Waals surface area contributed by atoms with E-state index in [2.05, 4.69) is 42.4 Å². The molecule has 0 aromatic heterocycles. The van der Waals surface area contributed by atoms with Crippen LogP contribution in [0.5, 0.6) is 5.75 Å². The molecule has 0 spiro atoms. The van der Waals surface area contributed by atoms with E-state index < -0.39 is 0 Å². The SMILES string of the molecule is CCNCC1CCCCN(C)C1c1ccc2c(c1)CCO2. The molecule has 2 heterocycles. The second-order valence-corrected chi connectivity index (χ2v) is 6.45. The third-order valence-electron chi connectivity index (χ3n) is 4.97. The van der Waals surface area contributed by atoms with Gasteiger partial charge in [-0.1, -0.05) is 25.5 Å². The fourth-order valence-corrected chi connectivity index (χ4v) is 3.89. The number of rotatable bonds is 4. The summed E-state index contributed by atoms with van der Waals surface area (Å²) in [6, 6.07) is 7.40. The molecule has 1 aromatic rings. The summed E-state index contributed by atoms with van der Waals surface area (Å²) in [5.41, 5.74) is 2.87. The van der Waals surface area contributed by atoms with Gasteiger partial charge in [-0.2, -0.15) is 0 Å². The molecular formula is C18H28N2O. The lowest BCUT2D eigenvalue weighted by Gasteiger charge is -2.33. The maximum Gasteiger partial charge on any atom is 0.122 e. The van der Waals surface area contributed by atoms with Crippen LogP contribution in [-0.4, -0.2) is 38.2 Å². The first-order valence-corrected chi connectivity index (χ1v) is 8.46. The first kappa shape index (κ1) is 14.9. The van der Waals surface area contributed by atoms with Crippen molar-refractivity contribution in [3.8, 4) is 5.75 Å². The van der Waals surface area contributed by atoms with Gasteiger partial charge in [0.1, 0.15) is 5.75 Å². The van der Waals surface area contributed by atoms with E-state index in [9.17, 15) is 0 Å². The molecule has 1 saturated heterocycles. The third kappa shape index (κ3) is 3.24. The Bertz CT molecular complexity index is 474. The summed E-state index contributed by atoms with van der Waals surface area (Å²) in [6.07, 6.45) is 5.07. The normalized spacial score (nSPS) is 26.2. The van der Waals surface area contributed by atoms with Crippen LogP contribution in [0.2, 0.25) is 0 Å². The van der Waals surface area contributed by atoms with Gasteiger partial charge in [-0.05, 0) is 62.6 Å². The van der Waals surface area contributed by atoms with Crippen LogP contribution < -0.4 is 10.1 Å². The molecule has 0 amide bonds. The Labute approximate surface area is 128 Å². The Morgan fingerprint density at radius 2 is 2.24 bits per heavy atom. The number of ether oxygens (including phenoxy) is 1. The van der Waals surface area contributed by atoms with Gasteiger partial charge >= 0.3 is 0 Å². The molecule has 3 heteroatoms. The summed E-state index contributed by atoms with van der Waals surface area (Å²) in [5, 5.41) is 3.57. The van der Waals surface area contributed by atoms with E-state index in [-0.39, 0.29) is 0 Å². The Morgan fingerprint density at radius 1 is 1.33 bits per heavy atom. The lowest BCUT2D eigenvalue weighted by Crippen LogP contribution is -2.34. The van der Waals surface area contributed by atoms with Crippen molar-refractivity contribution in [3.05, 3.63) is 29.3 Å². The molecule has 0 radical (unpaired) electrons. The van der Waals surface area contributed by atoms with E-state index in [0.29, 0.717) is 12.0 Å². The van der Waals surface area contributed by atoms with Crippen molar-refractivity contribution in [1.29, 1.82) is 0 Å². The summed E-state index contributed by atoms with van der Waals surface area (Å²) < 4.78 is 5.66. The maximum atomic E-state index is 5.66. The highest BCUT2D eigenvalue weighted by Gasteiger charge is 2.29. The summed E-state index contributed by atoms with van der Waals surface area (Å²) in [6.45, 7) is 6.44. The molecule has 2 unspecified atom stereocenters. The highest BCUT2D eigenvalue weighted by atomic mass is 16.5. The highest BCUT2D eigenvalue weighted by Crippen LogP contribution is 2.36. The van der Waals surface area contributed by atoms with Crippen molar-refractivity contribution in [3.63, 3.8) is 0 Å². The largest absolute Gasteiger partial charge is 0.493 e. The minimum absolute atomic E-state index is 0.539. The van der Waals surface area contributed by atoms with Crippen molar-refractivity contribution in [1.82, 2.24) is 10.2 Å². The van der Waals surface area contributed by atoms with Crippen LogP contribution in [0.25, 0.3) is 0 Å². The topological polar surface area (TPSA) is 24.5 Å². The van der Waals surface area contributed by atoms with Crippen molar-refractivity contribution in [2.24, 2.45) is 5.92 Å². The second-order valence-electron chi connectivity index (χ2n) is 6.45. The van der Waals surface area contributed by atoms with E-state index in [1.165, 1.54) is 36.9 Å². The molecule has 0 saturated carbocycles. The molecule has 3 nitrogen and oxygen atoms in total. The minimum Gasteiger partial charge on any atom is -0.493 e. The number of likely N-dealkylation sites (tertiary alicyclic amines) is 1. The Kier molecular flexibility index (Phi) is 4.81. The van der Waals surface area contributed by atoms with Crippen LogP contribution in [-0.2, 0) is 6.42 Å². The molecule has 21 heavy (non-hydrogen) atoms. The zero-order chi connectivity index (χ0) is 14.7. The maximum absolute atomic E-state index is 5.66. The van der Waals surface area contributed by atoms with Crippen molar-refractivity contribution in [2.75, 3.05) is 33.3 Å². The Morgan fingerprint density at radius 3 is 3.10 bits per heavy atom. The zero-order valence-corrected chi connectivity index (χ0v) is 13.4. The van der Waals surface area contributed by atoms with Crippen molar-refractivity contribution >= 4 is 0 Å². The average Bonchev–Trinajstić information content (AvgIpc) is 2.88. The summed E-state index contributed by atoms with van der Waals surface area (Å²) in [4.78, 5) is 2.56. The summed E-state index contributed by atoms with van der Waals surface area (Å²) in [7, 11) is 2.29. The van der Waals surface area contributed by atoms with E-state index in [1.807, 2.05) is 0 Å². The molecule has 2 atom stereocenters. The van der Waals surface area contributed by atoms with Crippen LogP contribution in [0.15, 0.2) is 18.2 Å². The smallest absolute Gasteiger partial charge is 0.122 e. The van der Waals surface area contributed by atoms with Crippen LogP contribution in [0, 0.1) is 5.92 Å². The molecule has 1 aromatic carbocycles. The van der Waals surface area contributed by atoms with E-state index in [0.717, 1.165) is 31.9 Å². The number of hydrogen-bond donors (Lipinski definition) is 1. The fourth-order valence-electron chi connectivity index (χ4n) is 3.89. The predicted molar refractivity (Wildman–Crippen MR) is 86.9 cm³/mol. The monoisotopic (exact) mass is 288 g/mol. The quantitative estimate of drug-likeness (QED) is 0.922. The van der Waals surface area contributed by atoms with Gasteiger partial charge in [0.05, 0.1) is 6.61 Å². The highest BCUT2D eigenvalue weighted by molar-refractivity contribution is 5.41. The van der Waals surface area contributed by atoms with Gasteiger partial charge in [0.15, 0.2) is 0 Å². The first-order valence-electron chi connectivity index (χ1n) is 8.46. The second kappa shape index (κ2) is 6.80. The first-order chi connectivity index (χ1) is 10.3. The molecule has 2 aliphatic rings. The molecule has 116 valence electrons. The van der Waals surface area contributed by atoms with E-state index in [4.69, 9.17) is 4.74 Å². The van der Waals surface area contributed by atoms with Gasteiger partial charge in [-0.3, -0.25) is 4.90 Å². The molecule has 2 aliphatic heterocycles.